The van der Waals surface area contributed by atoms with Crippen molar-refractivity contribution in [1.29, 1.82) is 0 Å². The summed E-state index contributed by atoms with van der Waals surface area (Å²) in [5, 5.41) is 0.763. The predicted octanol–water partition coefficient (Wildman–Crippen LogP) is 5.99. The van der Waals surface area contributed by atoms with Crippen molar-refractivity contribution in [2.24, 2.45) is 0 Å². The number of halogens is 2. The molecule has 0 aromatic heterocycles. The zero-order valence-electron chi connectivity index (χ0n) is 12.0. The van der Waals surface area contributed by atoms with Gasteiger partial charge in [0.15, 0.2) is 0 Å². The summed E-state index contributed by atoms with van der Waals surface area (Å²) < 4.78 is 0. The van der Waals surface area contributed by atoms with Crippen LogP contribution >= 0.6 is 23.2 Å². The normalized spacial score (nSPS) is 12.4. The first-order chi connectivity index (χ1) is 9.65. The van der Waals surface area contributed by atoms with E-state index in [0.29, 0.717) is 0 Å². The Morgan fingerprint density at radius 3 is 2.35 bits per heavy atom. The molecular formula is C18H20Cl2. The molecule has 0 nitrogen and oxygen atoms in total. The summed E-state index contributed by atoms with van der Waals surface area (Å²) in [5.41, 5.74) is 5.02. The van der Waals surface area contributed by atoms with Crippen LogP contribution in [-0.4, -0.2) is 0 Å². The van der Waals surface area contributed by atoms with Gasteiger partial charge < -0.3 is 0 Å². The van der Waals surface area contributed by atoms with E-state index < -0.39 is 0 Å². The molecule has 0 aliphatic rings. The Kier molecular flexibility index (Phi) is 5.51. The number of hydrogen-bond acceptors (Lipinski definition) is 0. The molecule has 0 spiro atoms. The van der Waals surface area contributed by atoms with Crippen LogP contribution < -0.4 is 0 Å². The van der Waals surface area contributed by atoms with E-state index in [1.807, 2.05) is 24.3 Å². The minimum Gasteiger partial charge on any atom is -0.117 e. The van der Waals surface area contributed by atoms with Gasteiger partial charge in [-0.15, -0.1) is 11.6 Å². The highest BCUT2D eigenvalue weighted by molar-refractivity contribution is 6.31. The molecule has 0 fully saturated rings. The van der Waals surface area contributed by atoms with E-state index in [-0.39, 0.29) is 5.38 Å². The number of benzene rings is 2. The van der Waals surface area contributed by atoms with Crippen LogP contribution in [0.15, 0.2) is 42.5 Å². The lowest BCUT2D eigenvalue weighted by atomic mass is 9.95. The van der Waals surface area contributed by atoms with Crippen LogP contribution in [0.3, 0.4) is 0 Å². The molecule has 2 aromatic rings. The van der Waals surface area contributed by atoms with Gasteiger partial charge in [-0.1, -0.05) is 61.8 Å². The highest BCUT2D eigenvalue weighted by Gasteiger charge is 2.14. The van der Waals surface area contributed by atoms with E-state index in [9.17, 15) is 0 Å². The lowest BCUT2D eigenvalue weighted by molar-refractivity contribution is 0.890. The molecule has 0 amide bonds. The largest absolute Gasteiger partial charge is 0.117 e. The Bertz CT molecular complexity index is 575. The summed E-state index contributed by atoms with van der Waals surface area (Å²) in [4.78, 5) is 0. The maximum atomic E-state index is 6.67. The molecule has 1 unspecified atom stereocenters. The van der Waals surface area contributed by atoms with Crippen LogP contribution in [0.1, 0.15) is 41.5 Å². The van der Waals surface area contributed by atoms with Gasteiger partial charge in [-0.25, -0.2) is 0 Å². The van der Waals surface area contributed by atoms with Gasteiger partial charge >= 0.3 is 0 Å². The second kappa shape index (κ2) is 7.15. The van der Waals surface area contributed by atoms with Gasteiger partial charge in [0, 0.05) is 5.02 Å². The summed E-state index contributed by atoms with van der Waals surface area (Å²) >= 11 is 12.9. The van der Waals surface area contributed by atoms with Crippen molar-refractivity contribution in [1.82, 2.24) is 0 Å². The molecule has 0 saturated carbocycles. The van der Waals surface area contributed by atoms with E-state index in [0.717, 1.165) is 29.8 Å². The van der Waals surface area contributed by atoms with Gasteiger partial charge in [0.25, 0.3) is 0 Å². The maximum Gasteiger partial charge on any atom is 0.0628 e. The number of alkyl halides is 1. The predicted molar refractivity (Wildman–Crippen MR) is 88.9 cm³/mol. The van der Waals surface area contributed by atoms with E-state index in [1.54, 1.807) is 0 Å². The van der Waals surface area contributed by atoms with Gasteiger partial charge in [0.05, 0.1) is 5.38 Å². The van der Waals surface area contributed by atoms with Crippen LogP contribution in [0, 0.1) is 0 Å². The second-order valence-electron chi connectivity index (χ2n) is 5.00. The minimum atomic E-state index is -0.0312. The highest BCUT2D eigenvalue weighted by atomic mass is 35.5. The molecule has 1 atom stereocenters. The van der Waals surface area contributed by atoms with Gasteiger partial charge in [0.2, 0.25) is 0 Å². The van der Waals surface area contributed by atoms with Gasteiger partial charge in [-0.3, -0.25) is 0 Å². The third kappa shape index (κ3) is 3.56. The Labute approximate surface area is 131 Å². The summed E-state index contributed by atoms with van der Waals surface area (Å²) in [6, 6.07) is 14.6. The number of aryl methyl sites for hydroxylation is 2. The lowest BCUT2D eigenvalue weighted by Gasteiger charge is -2.16. The van der Waals surface area contributed by atoms with Crippen molar-refractivity contribution in [3.63, 3.8) is 0 Å². The smallest absolute Gasteiger partial charge is 0.0628 e. The zero-order chi connectivity index (χ0) is 14.5. The van der Waals surface area contributed by atoms with Crippen LogP contribution in [-0.2, 0) is 19.3 Å². The quantitative estimate of drug-likeness (QED) is 0.595. The van der Waals surface area contributed by atoms with E-state index in [2.05, 4.69) is 32.0 Å². The SMILES string of the molecule is CCc1ccc(CC)c(C(Cl)Cc2ccccc2Cl)c1. The number of hydrogen-bond donors (Lipinski definition) is 0. The van der Waals surface area contributed by atoms with Crippen LogP contribution in [0.25, 0.3) is 0 Å². The molecular weight excluding hydrogens is 287 g/mol. The average molecular weight is 307 g/mol. The molecule has 0 N–H and O–H groups in total. The molecule has 0 aliphatic heterocycles. The molecule has 2 rings (SSSR count). The van der Waals surface area contributed by atoms with Gasteiger partial charge in [-0.2, -0.15) is 0 Å². The first-order valence-electron chi connectivity index (χ1n) is 7.14. The highest BCUT2D eigenvalue weighted by Crippen LogP contribution is 2.31. The third-order valence-corrected chi connectivity index (χ3v) is 4.45. The number of rotatable bonds is 5. The zero-order valence-corrected chi connectivity index (χ0v) is 13.5. The van der Waals surface area contributed by atoms with Crippen molar-refractivity contribution in [3.05, 3.63) is 69.7 Å². The monoisotopic (exact) mass is 306 g/mol. The van der Waals surface area contributed by atoms with Crippen LogP contribution in [0.5, 0.6) is 0 Å². The molecule has 0 radical (unpaired) electrons. The molecule has 20 heavy (non-hydrogen) atoms. The fraction of sp³-hybridized carbons (Fsp3) is 0.333. The fourth-order valence-corrected chi connectivity index (χ4v) is 3.03. The molecule has 106 valence electrons. The van der Waals surface area contributed by atoms with Crippen molar-refractivity contribution >= 4 is 23.2 Å². The van der Waals surface area contributed by atoms with Gasteiger partial charge in [-0.05, 0) is 47.6 Å². The Balaban J connectivity index is 2.28. The van der Waals surface area contributed by atoms with Crippen LogP contribution in [0.4, 0.5) is 0 Å². The Morgan fingerprint density at radius 1 is 0.950 bits per heavy atom. The molecule has 0 aliphatic carbocycles. The molecule has 0 bridgehead atoms. The third-order valence-electron chi connectivity index (χ3n) is 3.69. The van der Waals surface area contributed by atoms with E-state index >= 15 is 0 Å². The van der Waals surface area contributed by atoms with Crippen LogP contribution in [0.2, 0.25) is 5.02 Å². The standard InChI is InChI=1S/C18H20Cl2/c1-3-13-9-10-14(4-2)16(11-13)18(20)12-15-7-5-6-8-17(15)19/h5-11,18H,3-4,12H2,1-2H3. The Hall–Kier alpha value is -0.980. The topological polar surface area (TPSA) is 0 Å². The van der Waals surface area contributed by atoms with Gasteiger partial charge in [0.1, 0.15) is 0 Å². The second-order valence-corrected chi connectivity index (χ2v) is 5.94. The summed E-state index contributed by atoms with van der Waals surface area (Å²) in [6.45, 7) is 4.34. The minimum absolute atomic E-state index is 0.0312. The maximum absolute atomic E-state index is 6.67. The lowest BCUT2D eigenvalue weighted by Crippen LogP contribution is -2.02. The molecule has 0 heterocycles. The van der Waals surface area contributed by atoms with Crippen molar-refractivity contribution in [2.75, 3.05) is 0 Å². The summed E-state index contributed by atoms with van der Waals surface area (Å²) in [6.07, 6.45) is 2.80. The van der Waals surface area contributed by atoms with Crippen molar-refractivity contribution in [2.45, 2.75) is 38.5 Å². The molecule has 0 saturated heterocycles. The van der Waals surface area contributed by atoms with E-state index in [4.69, 9.17) is 23.2 Å². The first kappa shape index (κ1) is 15.4. The first-order valence-corrected chi connectivity index (χ1v) is 7.96. The molecule has 2 aromatic carbocycles. The fourth-order valence-electron chi connectivity index (χ4n) is 2.44. The average Bonchev–Trinajstić information content (AvgIpc) is 2.48. The van der Waals surface area contributed by atoms with Crippen molar-refractivity contribution in [3.8, 4) is 0 Å². The molecule has 2 heteroatoms. The van der Waals surface area contributed by atoms with Crippen molar-refractivity contribution < 1.29 is 0 Å². The Morgan fingerprint density at radius 2 is 1.70 bits per heavy atom. The summed E-state index contributed by atoms with van der Waals surface area (Å²) in [7, 11) is 0. The van der Waals surface area contributed by atoms with E-state index in [1.165, 1.54) is 16.7 Å². The summed E-state index contributed by atoms with van der Waals surface area (Å²) in [5.74, 6) is 0.